The molecule has 1 aromatic carbocycles. The van der Waals surface area contributed by atoms with Crippen LogP contribution in [0.3, 0.4) is 0 Å². The van der Waals surface area contributed by atoms with Gasteiger partial charge in [0.25, 0.3) is 5.56 Å². The zero-order valence-corrected chi connectivity index (χ0v) is 13.0. The first kappa shape index (κ1) is 14.6. The molecule has 0 atom stereocenters. The van der Waals surface area contributed by atoms with E-state index in [1.807, 2.05) is 26.0 Å². The standard InChI is InChI=1S/C16H14N2O3S/c1-9-5-12-11(7-15(20)21-13(12)6-10(9)2)8-22-16-17-4-3-14(19)18-16/h3-7H,8H2,1-2H3,(H,17,18,19). The molecule has 0 fully saturated rings. The van der Waals surface area contributed by atoms with Gasteiger partial charge in [-0.05, 0) is 42.7 Å². The molecule has 5 nitrogen and oxygen atoms in total. The van der Waals surface area contributed by atoms with E-state index >= 15 is 0 Å². The fourth-order valence-corrected chi connectivity index (χ4v) is 3.01. The van der Waals surface area contributed by atoms with Crippen molar-refractivity contribution in [1.82, 2.24) is 9.97 Å². The maximum Gasteiger partial charge on any atom is 0.336 e. The number of rotatable bonds is 3. The molecule has 0 unspecified atom stereocenters. The van der Waals surface area contributed by atoms with Gasteiger partial charge in [0.05, 0.1) is 0 Å². The van der Waals surface area contributed by atoms with E-state index in [9.17, 15) is 9.59 Å². The number of aryl methyl sites for hydroxylation is 2. The van der Waals surface area contributed by atoms with Crippen LogP contribution in [0.25, 0.3) is 11.0 Å². The maximum absolute atomic E-state index is 11.7. The van der Waals surface area contributed by atoms with Crippen LogP contribution in [0.1, 0.15) is 16.7 Å². The molecule has 3 rings (SSSR count). The Morgan fingerprint density at radius 3 is 2.73 bits per heavy atom. The summed E-state index contributed by atoms with van der Waals surface area (Å²) in [6.07, 6.45) is 1.46. The highest BCUT2D eigenvalue weighted by Crippen LogP contribution is 2.26. The van der Waals surface area contributed by atoms with Gasteiger partial charge in [-0.1, -0.05) is 11.8 Å². The van der Waals surface area contributed by atoms with Crippen LogP contribution in [-0.2, 0) is 5.75 Å². The SMILES string of the molecule is Cc1cc2oc(=O)cc(CSc3nccc(=O)[nH]3)c2cc1C. The molecule has 0 bridgehead atoms. The van der Waals surface area contributed by atoms with Crippen molar-refractivity contribution in [3.63, 3.8) is 0 Å². The van der Waals surface area contributed by atoms with Crippen LogP contribution in [0.2, 0.25) is 0 Å². The van der Waals surface area contributed by atoms with E-state index in [0.29, 0.717) is 16.5 Å². The number of benzene rings is 1. The molecule has 3 aromatic rings. The molecular weight excluding hydrogens is 300 g/mol. The van der Waals surface area contributed by atoms with E-state index in [-0.39, 0.29) is 11.2 Å². The van der Waals surface area contributed by atoms with E-state index in [1.165, 1.54) is 30.1 Å². The molecule has 0 saturated heterocycles. The van der Waals surface area contributed by atoms with Gasteiger partial charge in [0, 0.05) is 29.5 Å². The molecule has 22 heavy (non-hydrogen) atoms. The Hall–Kier alpha value is -2.34. The molecular formula is C16H14N2O3S. The lowest BCUT2D eigenvalue weighted by Gasteiger charge is -2.07. The lowest BCUT2D eigenvalue weighted by atomic mass is 10.0. The molecule has 1 N–H and O–H groups in total. The maximum atomic E-state index is 11.7. The lowest BCUT2D eigenvalue weighted by Crippen LogP contribution is -2.05. The van der Waals surface area contributed by atoms with Crippen molar-refractivity contribution >= 4 is 22.7 Å². The van der Waals surface area contributed by atoms with Crippen molar-refractivity contribution in [3.8, 4) is 0 Å². The largest absolute Gasteiger partial charge is 0.423 e. The van der Waals surface area contributed by atoms with Gasteiger partial charge >= 0.3 is 5.63 Å². The smallest absolute Gasteiger partial charge is 0.336 e. The number of H-pyrrole nitrogens is 1. The zero-order valence-electron chi connectivity index (χ0n) is 12.2. The number of fused-ring (bicyclic) bond motifs is 1. The number of hydrogen-bond donors (Lipinski definition) is 1. The molecule has 0 radical (unpaired) electrons. The summed E-state index contributed by atoms with van der Waals surface area (Å²) < 4.78 is 5.27. The van der Waals surface area contributed by atoms with E-state index in [1.54, 1.807) is 0 Å². The highest BCUT2D eigenvalue weighted by molar-refractivity contribution is 7.98. The number of nitrogens with one attached hydrogen (secondary N) is 1. The Kier molecular flexibility index (Phi) is 3.85. The van der Waals surface area contributed by atoms with Gasteiger partial charge in [-0.3, -0.25) is 4.79 Å². The van der Waals surface area contributed by atoms with Crippen LogP contribution in [0.5, 0.6) is 0 Å². The topological polar surface area (TPSA) is 76.0 Å². The number of aromatic nitrogens is 2. The van der Waals surface area contributed by atoms with Crippen molar-refractivity contribution in [1.29, 1.82) is 0 Å². The highest BCUT2D eigenvalue weighted by Gasteiger charge is 2.09. The summed E-state index contributed by atoms with van der Waals surface area (Å²) in [6.45, 7) is 4.00. The van der Waals surface area contributed by atoms with Crippen molar-refractivity contribution < 1.29 is 4.42 Å². The van der Waals surface area contributed by atoms with Gasteiger partial charge in [-0.15, -0.1) is 0 Å². The molecule has 0 aliphatic rings. The van der Waals surface area contributed by atoms with Crippen LogP contribution in [-0.4, -0.2) is 9.97 Å². The molecule has 0 saturated carbocycles. The van der Waals surface area contributed by atoms with Crippen LogP contribution < -0.4 is 11.2 Å². The molecule has 6 heteroatoms. The van der Waals surface area contributed by atoms with Gasteiger partial charge in [-0.25, -0.2) is 9.78 Å². The van der Waals surface area contributed by atoms with Gasteiger partial charge in [0.15, 0.2) is 5.16 Å². The number of thioether (sulfide) groups is 1. The monoisotopic (exact) mass is 314 g/mol. The second-order valence-corrected chi connectivity index (χ2v) is 6.02. The van der Waals surface area contributed by atoms with Crippen molar-refractivity contribution in [2.24, 2.45) is 0 Å². The van der Waals surface area contributed by atoms with Crippen LogP contribution in [0, 0.1) is 13.8 Å². The van der Waals surface area contributed by atoms with Gasteiger partial charge in [0.2, 0.25) is 0 Å². The molecule has 2 heterocycles. The Morgan fingerprint density at radius 1 is 1.18 bits per heavy atom. The van der Waals surface area contributed by atoms with Gasteiger partial charge < -0.3 is 9.40 Å². The Balaban J connectivity index is 2.01. The number of aromatic amines is 1. The first-order valence-corrected chi connectivity index (χ1v) is 7.73. The Bertz CT molecular complexity index is 959. The van der Waals surface area contributed by atoms with Crippen LogP contribution >= 0.6 is 11.8 Å². The molecule has 0 amide bonds. The fourth-order valence-electron chi connectivity index (χ4n) is 2.17. The average molecular weight is 314 g/mol. The summed E-state index contributed by atoms with van der Waals surface area (Å²) in [5, 5.41) is 1.44. The zero-order chi connectivity index (χ0) is 15.7. The molecule has 112 valence electrons. The van der Waals surface area contributed by atoms with Crippen molar-refractivity contribution in [3.05, 3.63) is 67.9 Å². The summed E-state index contributed by atoms with van der Waals surface area (Å²) in [5.74, 6) is 0.525. The summed E-state index contributed by atoms with van der Waals surface area (Å²) in [5.41, 5.74) is 3.10. The summed E-state index contributed by atoms with van der Waals surface area (Å²) in [4.78, 5) is 29.7. The minimum absolute atomic E-state index is 0.193. The van der Waals surface area contributed by atoms with Crippen molar-refractivity contribution in [2.45, 2.75) is 24.8 Å². The molecule has 0 spiro atoms. The Labute approximate surface area is 130 Å². The third kappa shape index (κ3) is 2.96. The summed E-state index contributed by atoms with van der Waals surface area (Å²) in [7, 11) is 0. The molecule has 0 aliphatic carbocycles. The van der Waals surface area contributed by atoms with Gasteiger partial charge in [0.1, 0.15) is 5.58 Å². The quantitative estimate of drug-likeness (QED) is 0.457. The molecule has 0 aliphatic heterocycles. The van der Waals surface area contributed by atoms with E-state index in [4.69, 9.17) is 4.42 Å². The van der Waals surface area contributed by atoms with Crippen LogP contribution in [0.15, 0.2) is 49.6 Å². The third-order valence-corrected chi connectivity index (χ3v) is 4.39. The van der Waals surface area contributed by atoms with Crippen molar-refractivity contribution in [2.75, 3.05) is 0 Å². The lowest BCUT2D eigenvalue weighted by molar-refractivity contribution is 0.559. The summed E-state index contributed by atoms with van der Waals surface area (Å²) >= 11 is 1.37. The average Bonchev–Trinajstić information content (AvgIpc) is 2.47. The normalized spacial score (nSPS) is 11.0. The predicted molar refractivity (Wildman–Crippen MR) is 86.4 cm³/mol. The first-order chi connectivity index (χ1) is 10.5. The Morgan fingerprint density at radius 2 is 1.95 bits per heavy atom. The first-order valence-electron chi connectivity index (χ1n) is 6.75. The number of nitrogens with zero attached hydrogens (tertiary/aromatic N) is 1. The minimum atomic E-state index is -0.374. The van der Waals surface area contributed by atoms with Gasteiger partial charge in [-0.2, -0.15) is 0 Å². The van der Waals surface area contributed by atoms with E-state index in [0.717, 1.165) is 22.1 Å². The second kappa shape index (κ2) is 5.81. The number of hydrogen-bond acceptors (Lipinski definition) is 5. The summed E-state index contributed by atoms with van der Waals surface area (Å²) in [6, 6.07) is 6.75. The third-order valence-electron chi connectivity index (χ3n) is 3.46. The minimum Gasteiger partial charge on any atom is -0.423 e. The fraction of sp³-hybridized carbons (Fsp3) is 0.188. The second-order valence-electron chi connectivity index (χ2n) is 5.05. The van der Waals surface area contributed by atoms with E-state index < -0.39 is 0 Å². The van der Waals surface area contributed by atoms with Crippen LogP contribution in [0.4, 0.5) is 0 Å². The molecule has 2 aromatic heterocycles. The highest BCUT2D eigenvalue weighted by atomic mass is 32.2. The predicted octanol–water partition coefficient (Wildman–Crippen LogP) is 2.79. The van der Waals surface area contributed by atoms with E-state index in [2.05, 4.69) is 9.97 Å².